The molecule has 0 aromatic rings. The van der Waals surface area contributed by atoms with E-state index in [1.165, 1.54) is 0 Å². The SMILES string of the molecule is CC(S)C(=O)OCCS. The lowest BCUT2D eigenvalue weighted by atomic mass is 10.5. The summed E-state index contributed by atoms with van der Waals surface area (Å²) < 4.78 is 4.66. The maximum absolute atomic E-state index is 10.6. The van der Waals surface area contributed by atoms with Crippen molar-refractivity contribution in [2.45, 2.75) is 12.2 Å². The predicted octanol–water partition coefficient (Wildman–Crippen LogP) is 0.778. The molecule has 9 heavy (non-hydrogen) atoms. The van der Waals surface area contributed by atoms with Crippen molar-refractivity contribution < 1.29 is 9.53 Å². The average molecular weight is 166 g/mol. The molecule has 0 rings (SSSR count). The Hall–Kier alpha value is 0.170. The summed E-state index contributed by atoms with van der Waals surface area (Å²) in [5.41, 5.74) is 0. The lowest BCUT2D eigenvalue weighted by Gasteiger charge is -2.03. The van der Waals surface area contributed by atoms with Crippen LogP contribution in [-0.4, -0.2) is 23.6 Å². The number of rotatable bonds is 3. The minimum atomic E-state index is -0.329. The van der Waals surface area contributed by atoms with Crippen LogP contribution in [0.1, 0.15) is 6.92 Å². The quantitative estimate of drug-likeness (QED) is 0.478. The molecule has 0 aromatic carbocycles. The highest BCUT2D eigenvalue weighted by molar-refractivity contribution is 7.81. The van der Waals surface area contributed by atoms with Crippen molar-refractivity contribution in [1.82, 2.24) is 0 Å². The van der Waals surface area contributed by atoms with Gasteiger partial charge in [0.05, 0.1) is 5.25 Å². The van der Waals surface area contributed by atoms with Crippen molar-refractivity contribution >= 4 is 31.2 Å². The van der Waals surface area contributed by atoms with E-state index in [1.54, 1.807) is 6.92 Å². The third-order valence-electron chi connectivity index (χ3n) is 0.677. The van der Waals surface area contributed by atoms with Crippen LogP contribution in [0, 0.1) is 0 Å². The molecule has 1 unspecified atom stereocenters. The maximum atomic E-state index is 10.6. The second-order valence-electron chi connectivity index (χ2n) is 1.57. The van der Waals surface area contributed by atoms with Gasteiger partial charge >= 0.3 is 5.97 Å². The highest BCUT2D eigenvalue weighted by atomic mass is 32.1. The Bertz CT molecular complexity index is 93.0. The summed E-state index contributed by atoms with van der Waals surface area (Å²) in [7, 11) is 0. The first-order valence-electron chi connectivity index (χ1n) is 2.64. The van der Waals surface area contributed by atoms with Gasteiger partial charge in [0.15, 0.2) is 0 Å². The normalized spacial score (nSPS) is 12.8. The molecule has 0 fully saturated rings. The Morgan fingerprint density at radius 1 is 1.78 bits per heavy atom. The molecule has 0 saturated heterocycles. The third kappa shape index (κ3) is 4.66. The molecule has 2 nitrogen and oxygen atoms in total. The Morgan fingerprint density at radius 3 is 2.67 bits per heavy atom. The molecule has 0 bridgehead atoms. The summed E-state index contributed by atoms with van der Waals surface area (Å²) in [6.45, 7) is 2.04. The number of hydrogen-bond donors (Lipinski definition) is 2. The van der Waals surface area contributed by atoms with Crippen molar-refractivity contribution in [3.63, 3.8) is 0 Å². The van der Waals surface area contributed by atoms with E-state index >= 15 is 0 Å². The van der Waals surface area contributed by atoms with Gasteiger partial charge in [0.25, 0.3) is 0 Å². The first kappa shape index (κ1) is 9.17. The first-order valence-corrected chi connectivity index (χ1v) is 3.79. The summed E-state index contributed by atoms with van der Waals surface area (Å²) in [4.78, 5) is 10.6. The lowest BCUT2D eigenvalue weighted by molar-refractivity contribution is -0.141. The van der Waals surface area contributed by atoms with Crippen LogP contribution in [-0.2, 0) is 9.53 Å². The fourth-order valence-corrected chi connectivity index (χ4v) is 0.433. The molecule has 0 aliphatic rings. The van der Waals surface area contributed by atoms with Crippen molar-refractivity contribution in [2.75, 3.05) is 12.4 Å². The molecular weight excluding hydrogens is 156 g/mol. The molecule has 0 heterocycles. The van der Waals surface area contributed by atoms with Gasteiger partial charge in [-0.25, -0.2) is 0 Å². The largest absolute Gasteiger partial charge is 0.464 e. The van der Waals surface area contributed by atoms with Crippen LogP contribution in [0.25, 0.3) is 0 Å². The van der Waals surface area contributed by atoms with Crippen LogP contribution in [0.3, 0.4) is 0 Å². The van der Waals surface area contributed by atoms with Gasteiger partial charge in [-0.1, -0.05) is 0 Å². The molecule has 0 aliphatic heterocycles. The molecule has 0 saturated carbocycles. The summed E-state index contributed by atoms with van der Waals surface area (Å²) in [6.07, 6.45) is 0. The Morgan fingerprint density at radius 2 is 2.33 bits per heavy atom. The van der Waals surface area contributed by atoms with Crippen LogP contribution in [0.4, 0.5) is 0 Å². The summed E-state index contributed by atoms with van der Waals surface area (Å²) >= 11 is 7.73. The summed E-state index contributed by atoms with van der Waals surface area (Å²) in [5, 5.41) is -0.329. The fourth-order valence-electron chi connectivity index (χ4n) is 0.267. The van der Waals surface area contributed by atoms with Gasteiger partial charge in [-0.2, -0.15) is 25.3 Å². The number of thiol groups is 2. The van der Waals surface area contributed by atoms with Gasteiger partial charge in [-0.3, -0.25) is 4.79 Å². The van der Waals surface area contributed by atoms with E-state index in [-0.39, 0.29) is 11.2 Å². The van der Waals surface area contributed by atoms with Crippen LogP contribution in [0.5, 0.6) is 0 Å². The van der Waals surface area contributed by atoms with E-state index in [9.17, 15) is 4.79 Å². The van der Waals surface area contributed by atoms with Gasteiger partial charge in [0.2, 0.25) is 0 Å². The molecule has 4 heteroatoms. The standard InChI is InChI=1S/C5H10O2S2/c1-4(9)5(6)7-2-3-8/h4,8-9H,2-3H2,1H3. The molecule has 0 amide bonds. The number of hydrogen-bond acceptors (Lipinski definition) is 4. The molecule has 0 aliphatic carbocycles. The highest BCUT2D eigenvalue weighted by Crippen LogP contribution is 1.95. The smallest absolute Gasteiger partial charge is 0.318 e. The Labute approximate surface area is 65.8 Å². The maximum Gasteiger partial charge on any atom is 0.318 e. The molecule has 1 atom stereocenters. The van der Waals surface area contributed by atoms with Crippen molar-refractivity contribution in [1.29, 1.82) is 0 Å². The van der Waals surface area contributed by atoms with Crippen molar-refractivity contribution in [3.8, 4) is 0 Å². The van der Waals surface area contributed by atoms with Gasteiger partial charge in [-0.15, -0.1) is 0 Å². The molecule has 0 radical (unpaired) electrons. The Kier molecular flexibility index (Phi) is 5.09. The molecule has 0 aromatic heterocycles. The van der Waals surface area contributed by atoms with E-state index in [4.69, 9.17) is 0 Å². The average Bonchev–Trinajstić information content (AvgIpc) is 1.82. The number of carbonyl (C=O) groups excluding carboxylic acids is 1. The second kappa shape index (κ2) is 4.99. The lowest BCUT2D eigenvalue weighted by Crippen LogP contribution is -2.15. The van der Waals surface area contributed by atoms with Gasteiger partial charge in [0.1, 0.15) is 6.61 Å². The third-order valence-corrected chi connectivity index (χ3v) is 1.07. The first-order chi connectivity index (χ1) is 4.18. The molecule has 0 spiro atoms. The van der Waals surface area contributed by atoms with Gasteiger partial charge in [-0.05, 0) is 6.92 Å². The zero-order chi connectivity index (χ0) is 7.28. The number of ether oxygens (including phenoxy) is 1. The minimum absolute atomic E-state index is 0.285. The molecule has 0 N–H and O–H groups in total. The van der Waals surface area contributed by atoms with Crippen molar-refractivity contribution in [2.24, 2.45) is 0 Å². The number of esters is 1. The predicted molar refractivity (Wildman–Crippen MR) is 43.3 cm³/mol. The summed E-state index contributed by atoms with van der Waals surface area (Å²) in [5.74, 6) is 0.277. The zero-order valence-electron chi connectivity index (χ0n) is 5.20. The monoisotopic (exact) mass is 166 g/mol. The van der Waals surface area contributed by atoms with Gasteiger partial charge in [0, 0.05) is 5.75 Å². The van der Waals surface area contributed by atoms with E-state index in [0.717, 1.165) is 0 Å². The topological polar surface area (TPSA) is 26.3 Å². The highest BCUT2D eigenvalue weighted by Gasteiger charge is 2.06. The number of carbonyl (C=O) groups is 1. The van der Waals surface area contributed by atoms with Crippen molar-refractivity contribution in [3.05, 3.63) is 0 Å². The summed E-state index contributed by atoms with van der Waals surface area (Å²) in [6, 6.07) is 0. The Balaban J connectivity index is 3.28. The van der Waals surface area contributed by atoms with Crippen LogP contribution in [0.15, 0.2) is 0 Å². The van der Waals surface area contributed by atoms with Crippen LogP contribution >= 0.6 is 25.3 Å². The molecular formula is C5H10O2S2. The van der Waals surface area contributed by atoms with Crippen LogP contribution in [0.2, 0.25) is 0 Å². The minimum Gasteiger partial charge on any atom is -0.464 e. The fraction of sp³-hybridized carbons (Fsp3) is 0.800. The van der Waals surface area contributed by atoms with E-state index in [2.05, 4.69) is 30.0 Å². The van der Waals surface area contributed by atoms with E-state index in [1.807, 2.05) is 0 Å². The molecule has 54 valence electrons. The van der Waals surface area contributed by atoms with Gasteiger partial charge < -0.3 is 4.74 Å². The zero-order valence-corrected chi connectivity index (χ0v) is 6.99. The van der Waals surface area contributed by atoms with E-state index in [0.29, 0.717) is 12.4 Å². The van der Waals surface area contributed by atoms with E-state index < -0.39 is 0 Å². The van der Waals surface area contributed by atoms with Crippen LogP contribution < -0.4 is 0 Å². The second-order valence-corrected chi connectivity index (χ2v) is 2.79.